The first-order chi connectivity index (χ1) is 9.52. The van der Waals surface area contributed by atoms with Crippen molar-refractivity contribution < 1.29 is 5.11 Å². The van der Waals surface area contributed by atoms with Crippen LogP contribution in [0.3, 0.4) is 0 Å². The molecule has 0 saturated heterocycles. The molecule has 2 aromatic rings. The molecule has 0 aliphatic rings. The van der Waals surface area contributed by atoms with E-state index in [0.29, 0.717) is 5.02 Å². The summed E-state index contributed by atoms with van der Waals surface area (Å²) < 4.78 is 0. The van der Waals surface area contributed by atoms with Gasteiger partial charge in [-0.3, -0.25) is 0 Å². The summed E-state index contributed by atoms with van der Waals surface area (Å²) in [5, 5.41) is 10.6. The van der Waals surface area contributed by atoms with Crippen LogP contribution in [0.15, 0.2) is 42.5 Å². The van der Waals surface area contributed by atoms with Crippen molar-refractivity contribution in [1.82, 2.24) is 0 Å². The number of nitrogens with zero attached hydrogens (tertiary/aromatic N) is 1. The minimum atomic E-state index is 0.0428. The summed E-state index contributed by atoms with van der Waals surface area (Å²) in [6, 6.07) is 13.7. The van der Waals surface area contributed by atoms with Crippen molar-refractivity contribution in [2.45, 2.75) is 26.3 Å². The number of phenols is 1. The fourth-order valence-electron chi connectivity index (χ4n) is 2.26. The molecule has 106 valence electrons. The summed E-state index contributed by atoms with van der Waals surface area (Å²) in [4.78, 5) is 2.13. The van der Waals surface area contributed by atoms with Crippen molar-refractivity contribution in [3.63, 3.8) is 0 Å². The maximum atomic E-state index is 10.00. The second-order valence-electron chi connectivity index (χ2n) is 5.01. The van der Waals surface area contributed by atoms with Crippen molar-refractivity contribution in [2.24, 2.45) is 0 Å². The molecule has 0 fully saturated rings. The molecular weight excluding hydrogens is 270 g/mol. The predicted octanol–water partition coefficient (Wildman–Crippen LogP) is 4.81. The molecule has 1 atom stereocenters. The van der Waals surface area contributed by atoms with Gasteiger partial charge in [-0.15, -0.1) is 0 Å². The van der Waals surface area contributed by atoms with Crippen LogP contribution < -0.4 is 4.90 Å². The number of anilines is 1. The molecule has 1 unspecified atom stereocenters. The molecule has 2 nitrogen and oxygen atoms in total. The standard InChI is InChI=1S/C17H20ClNO/c1-4-13-5-8-15(9-6-13)19(3)12(2)16-11-14(18)7-10-17(16)20/h5-12,20H,4H2,1-3H3. The molecule has 0 radical (unpaired) electrons. The fraction of sp³-hybridized carbons (Fsp3) is 0.294. The third kappa shape index (κ3) is 3.07. The summed E-state index contributed by atoms with van der Waals surface area (Å²) in [6.07, 6.45) is 1.04. The van der Waals surface area contributed by atoms with Crippen LogP contribution in [0.25, 0.3) is 0 Å². The van der Waals surface area contributed by atoms with Gasteiger partial charge in [-0.05, 0) is 49.2 Å². The zero-order valence-electron chi connectivity index (χ0n) is 12.1. The maximum absolute atomic E-state index is 10.00. The Morgan fingerprint density at radius 3 is 2.40 bits per heavy atom. The van der Waals surface area contributed by atoms with Crippen molar-refractivity contribution in [3.05, 3.63) is 58.6 Å². The lowest BCUT2D eigenvalue weighted by atomic mass is 10.0. The lowest BCUT2D eigenvalue weighted by molar-refractivity contribution is 0.462. The van der Waals surface area contributed by atoms with Crippen LogP contribution in [0.5, 0.6) is 5.75 Å². The Morgan fingerprint density at radius 1 is 1.15 bits per heavy atom. The second-order valence-corrected chi connectivity index (χ2v) is 5.45. The number of aryl methyl sites for hydroxylation is 1. The van der Waals surface area contributed by atoms with Crippen LogP contribution in [0.2, 0.25) is 5.02 Å². The Kier molecular flexibility index (Phi) is 4.56. The molecule has 20 heavy (non-hydrogen) atoms. The molecule has 0 aromatic heterocycles. The minimum absolute atomic E-state index is 0.0428. The van der Waals surface area contributed by atoms with Crippen molar-refractivity contribution in [1.29, 1.82) is 0 Å². The van der Waals surface area contributed by atoms with Gasteiger partial charge in [0.1, 0.15) is 5.75 Å². The average Bonchev–Trinajstić information content (AvgIpc) is 2.48. The van der Waals surface area contributed by atoms with Gasteiger partial charge in [-0.25, -0.2) is 0 Å². The molecule has 3 heteroatoms. The number of hydrogen-bond acceptors (Lipinski definition) is 2. The Balaban J connectivity index is 2.26. The zero-order valence-corrected chi connectivity index (χ0v) is 12.9. The highest BCUT2D eigenvalue weighted by atomic mass is 35.5. The molecule has 0 aliphatic heterocycles. The molecule has 0 spiro atoms. The summed E-state index contributed by atoms with van der Waals surface area (Å²) >= 11 is 6.02. The molecule has 2 rings (SSSR count). The van der Waals surface area contributed by atoms with Crippen molar-refractivity contribution in [2.75, 3.05) is 11.9 Å². The molecule has 0 aliphatic carbocycles. The van der Waals surface area contributed by atoms with E-state index >= 15 is 0 Å². The monoisotopic (exact) mass is 289 g/mol. The van der Waals surface area contributed by atoms with Crippen LogP contribution in [-0.2, 0) is 6.42 Å². The topological polar surface area (TPSA) is 23.5 Å². The van der Waals surface area contributed by atoms with Gasteiger partial charge < -0.3 is 10.0 Å². The van der Waals surface area contributed by atoms with Crippen molar-refractivity contribution >= 4 is 17.3 Å². The number of benzene rings is 2. The van der Waals surface area contributed by atoms with Crippen LogP contribution in [-0.4, -0.2) is 12.2 Å². The van der Waals surface area contributed by atoms with E-state index in [9.17, 15) is 5.11 Å². The highest BCUT2D eigenvalue weighted by molar-refractivity contribution is 6.30. The normalized spacial score (nSPS) is 12.2. The van der Waals surface area contributed by atoms with Gasteiger partial charge in [-0.2, -0.15) is 0 Å². The van der Waals surface area contributed by atoms with E-state index in [4.69, 9.17) is 11.6 Å². The van der Waals surface area contributed by atoms with E-state index in [1.807, 2.05) is 13.1 Å². The van der Waals surface area contributed by atoms with Gasteiger partial charge in [0.05, 0.1) is 6.04 Å². The van der Waals surface area contributed by atoms with Crippen molar-refractivity contribution in [3.8, 4) is 5.75 Å². The quantitative estimate of drug-likeness (QED) is 0.873. The van der Waals surface area contributed by atoms with E-state index in [1.165, 1.54) is 5.56 Å². The fourth-order valence-corrected chi connectivity index (χ4v) is 2.44. The molecule has 1 N–H and O–H groups in total. The summed E-state index contributed by atoms with van der Waals surface area (Å²) in [6.45, 7) is 4.20. The number of halogens is 1. The molecular formula is C17H20ClNO. The summed E-state index contributed by atoms with van der Waals surface area (Å²) in [7, 11) is 2.02. The largest absolute Gasteiger partial charge is 0.508 e. The third-order valence-corrected chi connectivity index (χ3v) is 4.01. The number of rotatable bonds is 4. The summed E-state index contributed by atoms with van der Waals surface area (Å²) in [5.74, 6) is 0.277. The highest BCUT2D eigenvalue weighted by Gasteiger charge is 2.16. The highest BCUT2D eigenvalue weighted by Crippen LogP contribution is 2.32. The molecule has 0 bridgehead atoms. The van der Waals surface area contributed by atoms with Gasteiger partial charge in [0.15, 0.2) is 0 Å². The Morgan fingerprint density at radius 2 is 1.80 bits per heavy atom. The maximum Gasteiger partial charge on any atom is 0.120 e. The smallest absolute Gasteiger partial charge is 0.120 e. The summed E-state index contributed by atoms with van der Waals surface area (Å²) in [5.41, 5.74) is 3.27. The van der Waals surface area contributed by atoms with Gasteiger partial charge >= 0.3 is 0 Å². The van der Waals surface area contributed by atoms with E-state index in [-0.39, 0.29) is 11.8 Å². The van der Waals surface area contributed by atoms with Crippen LogP contribution in [0.4, 0.5) is 5.69 Å². The number of hydrogen-bond donors (Lipinski definition) is 1. The van der Waals surface area contributed by atoms with E-state index < -0.39 is 0 Å². The van der Waals surface area contributed by atoms with Gasteiger partial charge in [-0.1, -0.05) is 30.7 Å². The van der Waals surface area contributed by atoms with Gasteiger partial charge in [0.25, 0.3) is 0 Å². The van der Waals surface area contributed by atoms with Crippen LogP contribution >= 0.6 is 11.6 Å². The molecule has 0 amide bonds. The second kappa shape index (κ2) is 6.19. The van der Waals surface area contributed by atoms with Crippen LogP contribution in [0.1, 0.15) is 31.0 Å². The molecule has 0 heterocycles. The number of aromatic hydroxyl groups is 1. The average molecular weight is 290 g/mol. The Bertz CT molecular complexity index is 580. The lowest BCUT2D eigenvalue weighted by Crippen LogP contribution is -2.21. The Hall–Kier alpha value is -1.67. The van der Waals surface area contributed by atoms with Gasteiger partial charge in [0, 0.05) is 23.3 Å². The minimum Gasteiger partial charge on any atom is -0.508 e. The third-order valence-electron chi connectivity index (χ3n) is 3.77. The van der Waals surface area contributed by atoms with E-state index in [1.54, 1.807) is 12.1 Å². The Labute approximate surface area is 125 Å². The molecule has 2 aromatic carbocycles. The lowest BCUT2D eigenvalue weighted by Gasteiger charge is -2.28. The van der Waals surface area contributed by atoms with E-state index in [2.05, 4.69) is 43.0 Å². The van der Waals surface area contributed by atoms with Crippen LogP contribution in [0, 0.1) is 0 Å². The first-order valence-electron chi connectivity index (χ1n) is 6.83. The molecule has 0 saturated carbocycles. The first-order valence-corrected chi connectivity index (χ1v) is 7.21. The van der Waals surface area contributed by atoms with Gasteiger partial charge in [0.2, 0.25) is 0 Å². The number of phenolic OH excluding ortho intramolecular Hbond substituents is 1. The first kappa shape index (κ1) is 14.7. The SMILES string of the molecule is CCc1ccc(N(C)C(C)c2cc(Cl)ccc2O)cc1. The zero-order chi connectivity index (χ0) is 14.7. The predicted molar refractivity (Wildman–Crippen MR) is 85.8 cm³/mol. The van der Waals surface area contributed by atoms with E-state index in [0.717, 1.165) is 17.7 Å².